The molecule has 0 aliphatic rings. The normalized spacial score (nSPS) is 12.2. The summed E-state index contributed by atoms with van der Waals surface area (Å²) in [5.41, 5.74) is 1.15. The highest BCUT2D eigenvalue weighted by atomic mass is 35.5. The van der Waals surface area contributed by atoms with E-state index in [1.54, 1.807) is 30.6 Å². The Morgan fingerprint density at radius 3 is 2.61 bits per heavy atom. The van der Waals surface area contributed by atoms with Crippen molar-refractivity contribution in [2.24, 2.45) is 0 Å². The minimum absolute atomic E-state index is 0.0369. The maximum absolute atomic E-state index is 11.7. The lowest BCUT2D eigenvalue weighted by atomic mass is 10.2. The Morgan fingerprint density at radius 1 is 1.44 bits per heavy atom. The number of halogens is 1. The van der Waals surface area contributed by atoms with Gasteiger partial charge in [0, 0.05) is 24.4 Å². The Morgan fingerprint density at radius 2 is 2.06 bits per heavy atom. The minimum atomic E-state index is -0.486. The summed E-state index contributed by atoms with van der Waals surface area (Å²) >= 11 is 7.35. The number of rotatable bonds is 6. The van der Waals surface area contributed by atoms with Gasteiger partial charge in [-0.3, -0.25) is 4.79 Å². The van der Waals surface area contributed by atoms with E-state index < -0.39 is 6.10 Å². The Labute approximate surface area is 117 Å². The molecule has 1 N–H and O–H groups in total. The average molecular weight is 288 g/mol. The van der Waals surface area contributed by atoms with Gasteiger partial charge in [0.2, 0.25) is 5.91 Å². The number of benzene rings is 1. The van der Waals surface area contributed by atoms with Crippen LogP contribution in [0.4, 0.5) is 0 Å². The minimum Gasteiger partial charge on any atom is -0.392 e. The van der Waals surface area contributed by atoms with Gasteiger partial charge in [-0.25, -0.2) is 0 Å². The van der Waals surface area contributed by atoms with E-state index in [2.05, 4.69) is 0 Å². The number of hydrogen-bond donors (Lipinski definition) is 1. The first-order chi connectivity index (χ1) is 8.49. The SMILES string of the molecule is C[C@H](O)CN(C)C(=O)CSCc1ccc(Cl)cc1. The van der Waals surface area contributed by atoms with E-state index in [1.165, 1.54) is 0 Å². The van der Waals surface area contributed by atoms with Crippen LogP contribution in [-0.4, -0.2) is 41.4 Å². The monoisotopic (exact) mass is 287 g/mol. The van der Waals surface area contributed by atoms with Gasteiger partial charge in [-0.15, -0.1) is 11.8 Å². The number of carbonyl (C=O) groups is 1. The summed E-state index contributed by atoms with van der Waals surface area (Å²) in [5, 5.41) is 9.91. The highest BCUT2D eigenvalue weighted by molar-refractivity contribution is 7.99. The van der Waals surface area contributed by atoms with Gasteiger partial charge in [0.25, 0.3) is 0 Å². The molecule has 18 heavy (non-hydrogen) atoms. The molecule has 1 atom stereocenters. The largest absolute Gasteiger partial charge is 0.392 e. The third-order valence-electron chi connectivity index (χ3n) is 2.37. The van der Waals surface area contributed by atoms with Crippen LogP contribution < -0.4 is 0 Å². The van der Waals surface area contributed by atoms with Crippen LogP contribution in [0.5, 0.6) is 0 Å². The molecule has 0 saturated heterocycles. The van der Waals surface area contributed by atoms with Crippen LogP contribution in [-0.2, 0) is 10.5 Å². The van der Waals surface area contributed by atoms with Gasteiger partial charge in [-0.05, 0) is 24.6 Å². The van der Waals surface area contributed by atoms with Crippen LogP contribution in [0, 0.1) is 0 Å². The van der Waals surface area contributed by atoms with Crippen molar-refractivity contribution in [3.63, 3.8) is 0 Å². The van der Waals surface area contributed by atoms with Crippen LogP contribution in [0.3, 0.4) is 0 Å². The van der Waals surface area contributed by atoms with Crippen LogP contribution in [0.15, 0.2) is 24.3 Å². The molecule has 0 aliphatic heterocycles. The van der Waals surface area contributed by atoms with Crippen molar-refractivity contribution in [2.75, 3.05) is 19.3 Å². The van der Waals surface area contributed by atoms with Crippen LogP contribution >= 0.6 is 23.4 Å². The second-order valence-electron chi connectivity index (χ2n) is 4.24. The fourth-order valence-corrected chi connectivity index (χ4v) is 2.50. The first-order valence-electron chi connectivity index (χ1n) is 5.73. The van der Waals surface area contributed by atoms with E-state index >= 15 is 0 Å². The fourth-order valence-electron chi connectivity index (χ4n) is 1.45. The second kappa shape index (κ2) is 7.67. The first kappa shape index (κ1) is 15.3. The van der Waals surface area contributed by atoms with E-state index in [0.29, 0.717) is 12.3 Å². The summed E-state index contributed by atoms with van der Waals surface area (Å²) < 4.78 is 0. The van der Waals surface area contributed by atoms with Crippen molar-refractivity contribution in [3.05, 3.63) is 34.9 Å². The predicted molar refractivity (Wildman–Crippen MR) is 76.9 cm³/mol. The molecule has 0 spiro atoms. The summed E-state index contributed by atoms with van der Waals surface area (Å²) in [7, 11) is 1.71. The molecular weight excluding hydrogens is 270 g/mol. The highest BCUT2D eigenvalue weighted by Crippen LogP contribution is 2.15. The average Bonchev–Trinajstić information content (AvgIpc) is 2.30. The maximum atomic E-state index is 11.7. The van der Waals surface area contributed by atoms with E-state index in [4.69, 9.17) is 11.6 Å². The summed E-state index contributed by atoms with van der Waals surface area (Å²) in [5.74, 6) is 1.24. The standard InChI is InChI=1S/C13H18ClNO2S/c1-10(16)7-15(2)13(17)9-18-8-11-3-5-12(14)6-4-11/h3-6,10,16H,7-9H2,1-2H3/t10-/m0/s1. The van der Waals surface area contributed by atoms with Gasteiger partial charge in [-0.1, -0.05) is 23.7 Å². The van der Waals surface area contributed by atoms with Crippen molar-refractivity contribution in [3.8, 4) is 0 Å². The van der Waals surface area contributed by atoms with Gasteiger partial charge in [0.15, 0.2) is 0 Å². The van der Waals surface area contributed by atoms with Gasteiger partial charge in [-0.2, -0.15) is 0 Å². The number of aliphatic hydroxyl groups is 1. The summed E-state index contributed by atoms with van der Waals surface area (Å²) in [6.07, 6.45) is -0.486. The molecule has 0 saturated carbocycles. The highest BCUT2D eigenvalue weighted by Gasteiger charge is 2.10. The van der Waals surface area contributed by atoms with Crippen molar-refractivity contribution in [1.82, 2.24) is 4.90 Å². The Kier molecular flexibility index (Phi) is 6.54. The lowest BCUT2D eigenvalue weighted by Crippen LogP contribution is -2.34. The number of nitrogens with zero attached hydrogens (tertiary/aromatic N) is 1. The van der Waals surface area contributed by atoms with E-state index in [9.17, 15) is 9.90 Å². The quantitative estimate of drug-likeness (QED) is 0.873. The van der Waals surface area contributed by atoms with Crippen molar-refractivity contribution in [2.45, 2.75) is 18.8 Å². The van der Waals surface area contributed by atoms with Crippen LogP contribution in [0.25, 0.3) is 0 Å². The maximum Gasteiger partial charge on any atom is 0.232 e. The molecular formula is C13H18ClNO2S. The molecule has 5 heteroatoms. The zero-order chi connectivity index (χ0) is 13.5. The molecule has 100 valence electrons. The number of likely N-dealkylation sites (N-methyl/N-ethyl adjacent to an activating group) is 1. The van der Waals surface area contributed by atoms with Gasteiger partial charge < -0.3 is 10.0 Å². The molecule has 1 aromatic carbocycles. The van der Waals surface area contributed by atoms with E-state index in [1.807, 2.05) is 24.3 Å². The predicted octanol–water partition coefficient (Wildman–Crippen LogP) is 2.41. The summed E-state index contributed by atoms with van der Waals surface area (Å²) in [6, 6.07) is 7.61. The smallest absolute Gasteiger partial charge is 0.232 e. The van der Waals surface area contributed by atoms with Crippen LogP contribution in [0.1, 0.15) is 12.5 Å². The second-order valence-corrected chi connectivity index (χ2v) is 5.66. The molecule has 0 aliphatic carbocycles. The molecule has 0 unspecified atom stereocenters. The first-order valence-corrected chi connectivity index (χ1v) is 7.26. The van der Waals surface area contributed by atoms with E-state index in [0.717, 1.165) is 16.3 Å². The number of hydrogen-bond acceptors (Lipinski definition) is 3. The number of aliphatic hydroxyl groups excluding tert-OH is 1. The summed E-state index contributed by atoms with van der Waals surface area (Å²) in [6.45, 7) is 2.05. The van der Waals surface area contributed by atoms with Gasteiger partial charge in [0.05, 0.1) is 11.9 Å². The Bertz CT molecular complexity index is 381. The third kappa shape index (κ3) is 5.76. The molecule has 0 bridgehead atoms. The molecule has 0 aromatic heterocycles. The topological polar surface area (TPSA) is 40.5 Å². The molecule has 0 heterocycles. The fraction of sp³-hybridized carbons (Fsp3) is 0.462. The third-order valence-corrected chi connectivity index (χ3v) is 3.61. The molecule has 3 nitrogen and oxygen atoms in total. The zero-order valence-corrected chi connectivity index (χ0v) is 12.2. The Hall–Kier alpha value is -0.710. The van der Waals surface area contributed by atoms with Gasteiger partial charge >= 0.3 is 0 Å². The lowest BCUT2D eigenvalue weighted by Gasteiger charge is -2.18. The Balaban J connectivity index is 2.29. The van der Waals surface area contributed by atoms with Crippen molar-refractivity contribution in [1.29, 1.82) is 0 Å². The number of amides is 1. The zero-order valence-electron chi connectivity index (χ0n) is 10.6. The molecule has 1 rings (SSSR count). The summed E-state index contributed by atoms with van der Waals surface area (Å²) in [4.78, 5) is 13.3. The number of thioether (sulfide) groups is 1. The van der Waals surface area contributed by atoms with Gasteiger partial charge in [0.1, 0.15) is 0 Å². The van der Waals surface area contributed by atoms with Crippen molar-refractivity contribution >= 4 is 29.3 Å². The number of carbonyl (C=O) groups excluding carboxylic acids is 1. The van der Waals surface area contributed by atoms with E-state index in [-0.39, 0.29) is 5.91 Å². The van der Waals surface area contributed by atoms with Crippen molar-refractivity contribution < 1.29 is 9.90 Å². The van der Waals surface area contributed by atoms with Crippen LogP contribution in [0.2, 0.25) is 5.02 Å². The lowest BCUT2D eigenvalue weighted by molar-refractivity contribution is -0.128. The molecule has 1 aromatic rings. The molecule has 0 fully saturated rings. The molecule has 1 amide bonds. The molecule has 0 radical (unpaired) electrons.